The van der Waals surface area contributed by atoms with Crippen molar-refractivity contribution in [3.05, 3.63) is 44.8 Å². The Morgan fingerprint density at radius 2 is 1.70 bits per heavy atom. The topological polar surface area (TPSA) is 106 Å². The summed E-state index contributed by atoms with van der Waals surface area (Å²) in [6, 6.07) is 3.35. The first-order valence-electron chi connectivity index (χ1n) is 11.3. The Bertz CT molecular complexity index is 1040. The first-order chi connectivity index (χ1) is 14.9. The van der Waals surface area contributed by atoms with Crippen molar-refractivity contribution < 1.29 is 13.6 Å². The van der Waals surface area contributed by atoms with Crippen LogP contribution in [0, 0.1) is 11.3 Å². The highest BCUT2D eigenvalue weighted by Crippen LogP contribution is 2.44. The summed E-state index contributed by atoms with van der Waals surface area (Å²) < 4.78 is 20.8. The Balaban J connectivity index is 2.52. The Kier molecular flexibility index (Phi) is 7.88. The second-order valence-corrected chi connectivity index (χ2v) is 21.3. The maximum absolute atomic E-state index is 12.5. The molecular weight excluding hydrogens is 454 g/mol. The molecule has 0 unspecified atom stereocenters. The Morgan fingerprint density at radius 1 is 1.12 bits per heavy atom. The number of aromatic nitrogens is 2. The minimum absolute atomic E-state index is 0.0158. The number of hydrogen-bond donors (Lipinski definition) is 1. The summed E-state index contributed by atoms with van der Waals surface area (Å²) in [4.78, 5) is 26.4. The largest absolute Gasteiger partial charge is 0.414 e. The standard InChI is InChI=1S/C23H39N3O5Si2/c1-22(2,3)32(7,8)29-15-17-19(31-33(9,10)23(4,5)6)16(11-13-24)20(30-17)26-14-12-18(27)25-21(26)28/h11-12,14,17,19-20H,15H2,1-10H3,(H,25,27,28)/b16-11-/t17-,19+,20-/m1/s1. The van der Waals surface area contributed by atoms with Gasteiger partial charge in [0.25, 0.3) is 5.56 Å². The van der Waals surface area contributed by atoms with Crippen LogP contribution in [0.1, 0.15) is 47.8 Å². The molecule has 10 heteroatoms. The van der Waals surface area contributed by atoms with E-state index in [9.17, 15) is 14.9 Å². The zero-order valence-corrected chi connectivity index (χ0v) is 23.6. The van der Waals surface area contributed by atoms with Gasteiger partial charge in [0.05, 0.1) is 12.7 Å². The van der Waals surface area contributed by atoms with Gasteiger partial charge in [0, 0.05) is 23.9 Å². The molecule has 0 aliphatic carbocycles. The van der Waals surface area contributed by atoms with E-state index in [2.05, 4.69) is 78.8 Å². The zero-order chi connectivity index (χ0) is 25.4. The quantitative estimate of drug-likeness (QED) is 0.468. The third kappa shape index (κ3) is 6.02. The highest BCUT2D eigenvalue weighted by molar-refractivity contribution is 6.74. The number of nitriles is 1. The lowest BCUT2D eigenvalue weighted by molar-refractivity contribution is -0.0397. The van der Waals surface area contributed by atoms with Crippen molar-refractivity contribution in [3.63, 3.8) is 0 Å². The number of aromatic amines is 1. The van der Waals surface area contributed by atoms with E-state index >= 15 is 0 Å². The maximum atomic E-state index is 12.5. The molecule has 1 aromatic heterocycles. The fourth-order valence-electron chi connectivity index (χ4n) is 3.01. The van der Waals surface area contributed by atoms with Gasteiger partial charge in [-0.25, -0.2) is 4.79 Å². The van der Waals surface area contributed by atoms with E-state index in [0.29, 0.717) is 5.57 Å². The van der Waals surface area contributed by atoms with Crippen LogP contribution in [0.2, 0.25) is 36.3 Å². The molecule has 33 heavy (non-hydrogen) atoms. The minimum atomic E-state index is -2.27. The van der Waals surface area contributed by atoms with Crippen molar-refractivity contribution >= 4 is 16.6 Å². The highest BCUT2D eigenvalue weighted by Gasteiger charge is 2.49. The summed E-state index contributed by atoms with van der Waals surface area (Å²) in [5.74, 6) is 0. The molecule has 1 aromatic rings. The number of nitrogens with one attached hydrogen (secondary N) is 1. The number of allylic oxidation sites excluding steroid dienone is 1. The predicted molar refractivity (Wildman–Crippen MR) is 134 cm³/mol. The summed E-state index contributed by atoms with van der Waals surface area (Å²) in [5.41, 5.74) is -0.541. The van der Waals surface area contributed by atoms with E-state index in [4.69, 9.17) is 13.6 Å². The van der Waals surface area contributed by atoms with Crippen LogP contribution in [0.15, 0.2) is 33.5 Å². The monoisotopic (exact) mass is 493 g/mol. The van der Waals surface area contributed by atoms with Gasteiger partial charge in [-0.3, -0.25) is 14.3 Å². The Morgan fingerprint density at radius 3 is 2.18 bits per heavy atom. The number of rotatable bonds is 6. The fraction of sp³-hybridized carbons (Fsp3) is 0.696. The van der Waals surface area contributed by atoms with Crippen LogP contribution < -0.4 is 11.2 Å². The number of nitrogens with zero attached hydrogens (tertiary/aromatic N) is 2. The molecule has 184 valence electrons. The van der Waals surface area contributed by atoms with E-state index in [1.807, 2.05) is 0 Å². The first-order valence-corrected chi connectivity index (χ1v) is 17.1. The average Bonchev–Trinajstić information content (AvgIpc) is 2.95. The Labute approximate surface area is 198 Å². The lowest BCUT2D eigenvalue weighted by atomic mass is 10.1. The number of H-pyrrole nitrogens is 1. The van der Waals surface area contributed by atoms with Crippen molar-refractivity contribution in [1.82, 2.24) is 9.55 Å². The van der Waals surface area contributed by atoms with Gasteiger partial charge in [0.15, 0.2) is 22.9 Å². The van der Waals surface area contributed by atoms with Gasteiger partial charge in [-0.1, -0.05) is 41.5 Å². The Hall–Kier alpha value is -1.78. The van der Waals surface area contributed by atoms with E-state index in [-0.39, 0.29) is 16.7 Å². The van der Waals surface area contributed by atoms with Gasteiger partial charge in [-0.2, -0.15) is 5.26 Å². The number of ether oxygens (including phenoxy) is 1. The predicted octanol–water partition coefficient (Wildman–Crippen LogP) is 4.30. The molecule has 1 aliphatic heterocycles. The summed E-state index contributed by atoms with van der Waals surface area (Å²) in [6.45, 7) is 21.8. The first kappa shape index (κ1) is 27.5. The molecule has 1 aliphatic rings. The summed E-state index contributed by atoms with van der Waals surface area (Å²) in [6.07, 6.45) is 0.872. The van der Waals surface area contributed by atoms with Gasteiger partial charge in [-0.15, -0.1) is 0 Å². The maximum Gasteiger partial charge on any atom is 0.330 e. The normalized spacial score (nSPS) is 23.7. The molecule has 0 spiro atoms. The minimum Gasteiger partial charge on any atom is -0.414 e. The molecule has 0 saturated carbocycles. The zero-order valence-electron chi connectivity index (χ0n) is 21.6. The van der Waals surface area contributed by atoms with Crippen molar-refractivity contribution in [2.75, 3.05) is 6.61 Å². The van der Waals surface area contributed by atoms with Gasteiger partial charge in [0.1, 0.15) is 12.2 Å². The SMILES string of the molecule is CC(C)(C)[Si](C)(C)OC[C@H]1O[C@@H](n2ccc(=O)[nH]c2=O)/C(=C\C#N)[C@@H]1O[Si](C)(C)C(C)(C)C. The van der Waals surface area contributed by atoms with E-state index < -0.39 is 46.3 Å². The number of hydrogen-bond acceptors (Lipinski definition) is 6. The van der Waals surface area contributed by atoms with Crippen molar-refractivity contribution in [2.24, 2.45) is 0 Å². The molecule has 2 heterocycles. The third-order valence-electron chi connectivity index (χ3n) is 7.23. The molecule has 1 saturated heterocycles. The van der Waals surface area contributed by atoms with Crippen LogP contribution in [0.3, 0.4) is 0 Å². The van der Waals surface area contributed by atoms with Crippen molar-refractivity contribution in [2.45, 2.75) is 96.2 Å². The molecule has 1 N–H and O–H groups in total. The van der Waals surface area contributed by atoms with E-state index in [1.165, 1.54) is 22.9 Å². The van der Waals surface area contributed by atoms with Gasteiger partial charge in [-0.05, 0) is 36.3 Å². The fourth-order valence-corrected chi connectivity index (χ4v) is 5.30. The van der Waals surface area contributed by atoms with Gasteiger partial charge >= 0.3 is 5.69 Å². The van der Waals surface area contributed by atoms with Crippen LogP contribution in [-0.4, -0.2) is 45.0 Å². The van der Waals surface area contributed by atoms with E-state index in [0.717, 1.165) is 0 Å². The van der Waals surface area contributed by atoms with E-state index in [1.54, 1.807) is 0 Å². The molecule has 3 atom stereocenters. The van der Waals surface area contributed by atoms with Crippen LogP contribution in [0.5, 0.6) is 0 Å². The molecule has 2 rings (SSSR count). The molecule has 1 fully saturated rings. The summed E-state index contributed by atoms with van der Waals surface area (Å²) >= 11 is 0. The summed E-state index contributed by atoms with van der Waals surface area (Å²) in [5, 5.41) is 9.49. The summed E-state index contributed by atoms with van der Waals surface area (Å²) in [7, 11) is -4.35. The third-order valence-corrected chi connectivity index (χ3v) is 16.2. The smallest absolute Gasteiger partial charge is 0.330 e. The van der Waals surface area contributed by atoms with Crippen LogP contribution in [0.4, 0.5) is 0 Å². The second-order valence-electron chi connectivity index (χ2n) is 11.7. The molecule has 8 nitrogen and oxygen atoms in total. The molecule has 0 amide bonds. The molecule has 0 bridgehead atoms. The molecular formula is C23H39N3O5Si2. The van der Waals surface area contributed by atoms with Crippen LogP contribution in [-0.2, 0) is 13.6 Å². The van der Waals surface area contributed by atoms with Crippen LogP contribution in [0.25, 0.3) is 0 Å². The van der Waals surface area contributed by atoms with Crippen molar-refractivity contribution in [1.29, 1.82) is 5.26 Å². The average molecular weight is 494 g/mol. The second kappa shape index (κ2) is 9.46. The highest BCUT2D eigenvalue weighted by atomic mass is 28.4. The molecule has 0 radical (unpaired) electrons. The van der Waals surface area contributed by atoms with Gasteiger partial charge < -0.3 is 13.6 Å². The van der Waals surface area contributed by atoms with Crippen LogP contribution >= 0.6 is 0 Å². The lowest BCUT2D eigenvalue weighted by Crippen LogP contribution is -2.48. The van der Waals surface area contributed by atoms with Crippen molar-refractivity contribution in [3.8, 4) is 6.07 Å². The molecule has 0 aromatic carbocycles. The van der Waals surface area contributed by atoms with Gasteiger partial charge in [0.2, 0.25) is 0 Å². The lowest BCUT2D eigenvalue weighted by Gasteiger charge is -2.40.